The predicted molar refractivity (Wildman–Crippen MR) is 74.5 cm³/mol. The zero-order valence-corrected chi connectivity index (χ0v) is 12.4. The summed E-state index contributed by atoms with van der Waals surface area (Å²) in [5.74, 6) is -0.151. The van der Waals surface area contributed by atoms with Crippen molar-refractivity contribution in [3.63, 3.8) is 0 Å². The van der Waals surface area contributed by atoms with Gasteiger partial charge in [-0.3, -0.25) is 9.59 Å². The van der Waals surface area contributed by atoms with E-state index >= 15 is 0 Å². The van der Waals surface area contributed by atoms with Gasteiger partial charge in [0.2, 0.25) is 5.91 Å². The molecule has 0 saturated heterocycles. The maximum atomic E-state index is 11.9. The van der Waals surface area contributed by atoms with Crippen molar-refractivity contribution in [2.75, 3.05) is 20.6 Å². The molecule has 1 aromatic rings. The number of benzene rings is 1. The highest BCUT2D eigenvalue weighted by atomic mass is 79.9. The second kappa shape index (κ2) is 6.54. The lowest BCUT2D eigenvalue weighted by atomic mass is 10.1. The minimum absolute atomic E-state index is 0.00117. The Morgan fingerprint density at radius 3 is 2.61 bits per heavy atom. The van der Waals surface area contributed by atoms with Crippen molar-refractivity contribution in [2.45, 2.75) is 13.3 Å². The number of nitrogens with one attached hydrogen (secondary N) is 1. The quantitative estimate of drug-likeness (QED) is 0.924. The van der Waals surface area contributed by atoms with Crippen molar-refractivity contribution in [2.24, 2.45) is 0 Å². The monoisotopic (exact) mass is 312 g/mol. The van der Waals surface area contributed by atoms with Crippen molar-refractivity contribution in [3.8, 4) is 0 Å². The van der Waals surface area contributed by atoms with E-state index in [1.54, 1.807) is 20.2 Å². The summed E-state index contributed by atoms with van der Waals surface area (Å²) in [4.78, 5) is 24.8. The van der Waals surface area contributed by atoms with Crippen LogP contribution in [0.3, 0.4) is 0 Å². The minimum atomic E-state index is -0.152. The van der Waals surface area contributed by atoms with E-state index in [0.29, 0.717) is 18.5 Å². The lowest BCUT2D eigenvalue weighted by Gasteiger charge is -2.11. The summed E-state index contributed by atoms with van der Waals surface area (Å²) < 4.78 is 0.902. The third kappa shape index (κ3) is 3.84. The van der Waals surface area contributed by atoms with Crippen LogP contribution in [-0.4, -0.2) is 37.4 Å². The fraction of sp³-hybridized carbons (Fsp3) is 0.385. The summed E-state index contributed by atoms with van der Waals surface area (Å²) in [6.45, 7) is 2.23. The van der Waals surface area contributed by atoms with Gasteiger partial charge in [-0.2, -0.15) is 0 Å². The summed E-state index contributed by atoms with van der Waals surface area (Å²) in [5.41, 5.74) is 1.52. The third-order valence-corrected chi connectivity index (χ3v) is 3.49. The largest absolute Gasteiger partial charge is 0.352 e. The summed E-state index contributed by atoms with van der Waals surface area (Å²) in [7, 11) is 3.39. The van der Waals surface area contributed by atoms with Crippen molar-refractivity contribution >= 4 is 27.7 Å². The molecule has 0 heterocycles. The van der Waals surface area contributed by atoms with Crippen LogP contribution in [0, 0.1) is 6.92 Å². The Bertz CT molecular complexity index is 458. The Morgan fingerprint density at radius 1 is 1.33 bits per heavy atom. The SMILES string of the molecule is Cc1c(Br)cccc1C(=O)NCCC(=O)N(C)C. The molecule has 0 aliphatic heterocycles. The van der Waals surface area contributed by atoms with Crippen LogP contribution in [0.1, 0.15) is 22.3 Å². The van der Waals surface area contributed by atoms with Gasteiger partial charge >= 0.3 is 0 Å². The number of hydrogen-bond donors (Lipinski definition) is 1. The average Bonchev–Trinajstić information content (AvgIpc) is 2.32. The standard InChI is InChI=1S/C13H17BrN2O2/c1-9-10(5-4-6-11(9)14)13(18)15-8-7-12(17)16(2)3/h4-6H,7-8H2,1-3H3,(H,15,18). The van der Waals surface area contributed by atoms with Crippen molar-refractivity contribution in [1.29, 1.82) is 0 Å². The molecule has 18 heavy (non-hydrogen) atoms. The molecule has 98 valence electrons. The van der Waals surface area contributed by atoms with Gasteiger partial charge in [0, 0.05) is 37.1 Å². The molecule has 0 spiro atoms. The molecular weight excluding hydrogens is 296 g/mol. The Balaban J connectivity index is 2.56. The van der Waals surface area contributed by atoms with Gasteiger partial charge < -0.3 is 10.2 Å². The second-order valence-corrected chi connectivity index (χ2v) is 5.06. The van der Waals surface area contributed by atoms with Gasteiger partial charge in [0.1, 0.15) is 0 Å². The van der Waals surface area contributed by atoms with Crippen LogP contribution in [0.2, 0.25) is 0 Å². The number of carbonyl (C=O) groups excluding carboxylic acids is 2. The van der Waals surface area contributed by atoms with Crippen LogP contribution >= 0.6 is 15.9 Å². The van der Waals surface area contributed by atoms with E-state index in [1.165, 1.54) is 4.90 Å². The van der Waals surface area contributed by atoms with Crippen LogP contribution in [0.15, 0.2) is 22.7 Å². The summed E-state index contributed by atoms with van der Waals surface area (Å²) >= 11 is 3.38. The predicted octanol–water partition coefficient (Wildman–Crippen LogP) is 1.97. The molecule has 0 saturated carbocycles. The number of carbonyl (C=O) groups is 2. The molecule has 0 aliphatic carbocycles. The Morgan fingerprint density at radius 2 is 2.00 bits per heavy atom. The Kier molecular flexibility index (Phi) is 5.34. The molecule has 0 radical (unpaired) electrons. The van der Waals surface area contributed by atoms with Crippen LogP contribution in [0.4, 0.5) is 0 Å². The highest BCUT2D eigenvalue weighted by molar-refractivity contribution is 9.10. The van der Waals surface area contributed by atoms with Gasteiger partial charge in [-0.25, -0.2) is 0 Å². The number of rotatable bonds is 4. The van der Waals surface area contributed by atoms with E-state index in [2.05, 4.69) is 21.2 Å². The summed E-state index contributed by atoms with van der Waals surface area (Å²) in [5, 5.41) is 2.75. The van der Waals surface area contributed by atoms with E-state index in [4.69, 9.17) is 0 Å². The highest BCUT2D eigenvalue weighted by Crippen LogP contribution is 2.19. The Hall–Kier alpha value is -1.36. The average molecular weight is 313 g/mol. The first kappa shape index (κ1) is 14.7. The molecule has 5 heteroatoms. The van der Waals surface area contributed by atoms with Crippen molar-refractivity contribution < 1.29 is 9.59 Å². The van der Waals surface area contributed by atoms with Crippen LogP contribution in [0.5, 0.6) is 0 Å². The number of amides is 2. The topological polar surface area (TPSA) is 49.4 Å². The van der Waals surface area contributed by atoms with Crippen LogP contribution in [-0.2, 0) is 4.79 Å². The number of hydrogen-bond acceptors (Lipinski definition) is 2. The zero-order chi connectivity index (χ0) is 13.7. The van der Waals surface area contributed by atoms with Gasteiger partial charge in [-0.15, -0.1) is 0 Å². The number of halogens is 1. The van der Waals surface area contributed by atoms with E-state index < -0.39 is 0 Å². The smallest absolute Gasteiger partial charge is 0.251 e. The van der Waals surface area contributed by atoms with E-state index in [1.807, 2.05) is 19.1 Å². The molecular formula is C13H17BrN2O2. The molecule has 1 N–H and O–H groups in total. The van der Waals surface area contributed by atoms with Crippen LogP contribution in [0.25, 0.3) is 0 Å². The van der Waals surface area contributed by atoms with Gasteiger partial charge in [-0.05, 0) is 24.6 Å². The maximum Gasteiger partial charge on any atom is 0.251 e. The summed E-state index contributed by atoms with van der Waals surface area (Å²) in [6.07, 6.45) is 0.311. The molecule has 2 amide bonds. The highest BCUT2D eigenvalue weighted by Gasteiger charge is 2.11. The second-order valence-electron chi connectivity index (χ2n) is 4.21. The molecule has 1 aromatic carbocycles. The lowest BCUT2D eigenvalue weighted by molar-refractivity contribution is -0.128. The van der Waals surface area contributed by atoms with Crippen LogP contribution < -0.4 is 5.32 Å². The first-order valence-corrected chi connectivity index (χ1v) is 6.46. The fourth-order valence-electron chi connectivity index (χ4n) is 1.46. The zero-order valence-electron chi connectivity index (χ0n) is 10.8. The molecule has 0 aromatic heterocycles. The van der Waals surface area contributed by atoms with Gasteiger partial charge in [0.05, 0.1) is 0 Å². The molecule has 0 aliphatic rings. The van der Waals surface area contributed by atoms with E-state index in [9.17, 15) is 9.59 Å². The molecule has 0 bridgehead atoms. The van der Waals surface area contributed by atoms with E-state index in [0.717, 1.165) is 10.0 Å². The molecule has 0 atom stereocenters. The molecule has 0 unspecified atom stereocenters. The molecule has 0 fully saturated rings. The maximum absolute atomic E-state index is 11.9. The lowest BCUT2D eigenvalue weighted by Crippen LogP contribution is -2.30. The molecule has 1 rings (SSSR count). The van der Waals surface area contributed by atoms with Gasteiger partial charge in [0.15, 0.2) is 0 Å². The van der Waals surface area contributed by atoms with Gasteiger partial charge in [-0.1, -0.05) is 22.0 Å². The normalized spacial score (nSPS) is 10.0. The number of nitrogens with zero attached hydrogens (tertiary/aromatic N) is 1. The van der Waals surface area contributed by atoms with Crippen molar-refractivity contribution in [3.05, 3.63) is 33.8 Å². The Labute approximate surface area is 115 Å². The summed E-state index contributed by atoms with van der Waals surface area (Å²) in [6, 6.07) is 5.47. The van der Waals surface area contributed by atoms with E-state index in [-0.39, 0.29) is 11.8 Å². The van der Waals surface area contributed by atoms with Gasteiger partial charge in [0.25, 0.3) is 5.91 Å². The first-order valence-electron chi connectivity index (χ1n) is 5.67. The first-order chi connectivity index (χ1) is 8.43. The fourth-order valence-corrected chi connectivity index (χ4v) is 1.82. The minimum Gasteiger partial charge on any atom is -0.352 e. The van der Waals surface area contributed by atoms with Crippen molar-refractivity contribution in [1.82, 2.24) is 10.2 Å². The third-order valence-electron chi connectivity index (χ3n) is 2.64. The molecule has 4 nitrogen and oxygen atoms in total.